The highest BCUT2D eigenvalue weighted by Gasteiger charge is 2.23. The van der Waals surface area contributed by atoms with E-state index >= 15 is 0 Å². The van der Waals surface area contributed by atoms with Crippen molar-refractivity contribution in [3.63, 3.8) is 0 Å². The van der Waals surface area contributed by atoms with Gasteiger partial charge in [-0.25, -0.2) is 0 Å². The fraction of sp³-hybridized carbons (Fsp3) is 0. The zero-order chi connectivity index (χ0) is 15.2. The maximum Gasteiger partial charge on any atom is 0.145 e. The Morgan fingerprint density at radius 1 is 0.600 bits per heavy atom. The number of aromatic hydroxyl groups is 1. The smallest absolute Gasteiger partial charge is 0.145 e. The van der Waals surface area contributed by atoms with Crippen LogP contribution >= 0.6 is 81.2 Å². The van der Waals surface area contributed by atoms with Crippen molar-refractivity contribution >= 4 is 81.2 Å². The van der Waals surface area contributed by atoms with Gasteiger partial charge in [0.1, 0.15) is 10.8 Å². The first-order chi connectivity index (χ1) is 9.27. The van der Waals surface area contributed by atoms with Crippen molar-refractivity contribution in [3.05, 3.63) is 47.3 Å². The highest BCUT2D eigenvalue weighted by atomic mass is 35.5. The third-order valence-electron chi connectivity index (χ3n) is 2.55. The molecule has 0 saturated heterocycles. The largest absolute Gasteiger partial charge is 0.506 e. The first kappa shape index (κ1) is 16.6. The van der Waals surface area contributed by atoms with E-state index in [4.69, 9.17) is 81.2 Å². The molecule has 1 N–H and O–H groups in total. The van der Waals surface area contributed by atoms with E-state index in [1.165, 1.54) is 12.1 Å². The molecule has 2 rings (SSSR count). The van der Waals surface area contributed by atoms with Crippen LogP contribution in [0.15, 0.2) is 12.1 Å². The van der Waals surface area contributed by atoms with Gasteiger partial charge in [0.05, 0.1) is 30.1 Å². The predicted molar refractivity (Wildman–Crippen MR) is 88.6 cm³/mol. The Hall–Kier alpha value is 0.270. The molecule has 2 aromatic rings. The number of halogens is 7. The molecular weight excluding hydrogens is 408 g/mol. The quantitative estimate of drug-likeness (QED) is 0.378. The molecule has 0 heterocycles. The van der Waals surface area contributed by atoms with Crippen LogP contribution in [0.3, 0.4) is 0 Å². The molecule has 0 fully saturated rings. The van der Waals surface area contributed by atoms with E-state index in [9.17, 15) is 5.11 Å². The second kappa shape index (κ2) is 6.18. The van der Waals surface area contributed by atoms with Crippen LogP contribution in [0.5, 0.6) is 5.75 Å². The lowest BCUT2D eigenvalue weighted by Crippen LogP contribution is -1.88. The van der Waals surface area contributed by atoms with Crippen molar-refractivity contribution in [1.82, 2.24) is 0 Å². The monoisotopic (exact) mass is 408 g/mol. The molecule has 20 heavy (non-hydrogen) atoms. The summed E-state index contributed by atoms with van der Waals surface area (Å²) < 4.78 is 0. The zero-order valence-electron chi connectivity index (χ0n) is 9.25. The van der Waals surface area contributed by atoms with Gasteiger partial charge in [-0.15, -0.1) is 0 Å². The van der Waals surface area contributed by atoms with Gasteiger partial charge in [-0.3, -0.25) is 0 Å². The van der Waals surface area contributed by atoms with E-state index in [1.54, 1.807) is 0 Å². The molecule has 0 amide bonds. The molecule has 0 spiro atoms. The summed E-state index contributed by atoms with van der Waals surface area (Å²) in [6.45, 7) is 0. The highest BCUT2D eigenvalue weighted by Crippen LogP contribution is 2.52. The Kier molecular flexibility index (Phi) is 5.14. The molecular formula is C12H3Cl7O. The summed E-state index contributed by atoms with van der Waals surface area (Å²) in [7, 11) is 0. The summed E-state index contributed by atoms with van der Waals surface area (Å²) in [6, 6.07) is 3.05. The van der Waals surface area contributed by atoms with Gasteiger partial charge < -0.3 is 5.11 Å². The summed E-state index contributed by atoms with van der Waals surface area (Å²) in [5.74, 6) is -0.341. The minimum absolute atomic E-state index is 0.00766. The number of phenols is 1. The highest BCUT2D eigenvalue weighted by molar-refractivity contribution is 6.54. The standard InChI is InChI=1S/C12H3Cl7O/c13-4-2-1-3(6(14)7(4)15)5-8(16)9(17)10(18)11(19)12(5)20/h1-2,20H. The Morgan fingerprint density at radius 3 is 1.75 bits per heavy atom. The van der Waals surface area contributed by atoms with Crippen molar-refractivity contribution in [2.75, 3.05) is 0 Å². The van der Waals surface area contributed by atoms with E-state index in [1.807, 2.05) is 0 Å². The number of hydrogen-bond acceptors (Lipinski definition) is 1. The molecule has 0 aliphatic rings. The Labute approximate surface area is 149 Å². The molecule has 1 nitrogen and oxygen atoms in total. The minimum Gasteiger partial charge on any atom is -0.506 e. The van der Waals surface area contributed by atoms with Gasteiger partial charge in [0.15, 0.2) is 0 Å². The van der Waals surface area contributed by atoms with Crippen molar-refractivity contribution in [2.24, 2.45) is 0 Å². The van der Waals surface area contributed by atoms with E-state index in [0.717, 1.165) is 0 Å². The minimum atomic E-state index is -0.341. The lowest BCUT2D eigenvalue weighted by Gasteiger charge is -2.14. The second-order valence-electron chi connectivity index (χ2n) is 3.70. The molecule has 106 valence electrons. The van der Waals surface area contributed by atoms with E-state index < -0.39 is 0 Å². The maximum atomic E-state index is 10.1. The van der Waals surface area contributed by atoms with Crippen LogP contribution in [-0.4, -0.2) is 5.11 Å². The van der Waals surface area contributed by atoms with E-state index in [-0.39, 0.29) is 46.5 Å². The lowest BCUT2D eigenvalue weighted by molar-refractivity contribution is 0.477. The summed E-state index contributed by atoms with van der Waals surface area (Å²) in [4.78, 5) is 0. The molecule has 8 heteroatoms. The van der Waals surface area contributed by atoms with E-state index in [2.05, 4.69) is 0 Å². The first-order valence-corrected chi connectivity index (χ1v) is 7.60. The normalized spacial score (nSPS) is 10.9. The molecule has 2 aromatic carbocycles. The van der Waals surface area contributed by atoms with Crippen molar-refractivity contribution in [3.8, 4) is 16.9 Å². The van der Waals surface area contributed by atoms with Crippen LogP contribution in [0, 0.1) is 0 Å². The van der Waals surface area contributed by atoms with Crippen LogP contribution in [0.1, 0.15) is 0 Å². The topological polar surface area (TPSA) is 20.2 Å². The fourth-order valence-electron chi connectivity index (χ4n) is 1.58. The molecule has 0 saturated carbocycles. The number of phenolic OH excluding ortho intramolecular Hbond substituents is 1. The van der Waals surface area contributed by atoms with Crippen LogP contribution < -0.4 is 0 Å². The third-order valence-corrected chi connectivity index (χ3v) is 5.63. The SMILES string of the molecule is Oc1c(Cl)c(Cl)c(Cl)c(Cl)c1-c1ccc(Cl)c(Cl)c1Cl. The number of benzene rings is 2. The summed E-state index contributed by atoms with van der Waals surface area (Å²) in [6.07, 6.45) is 0. The molecule has 0 radical (unpaired) electrons. The van der Waals surface area contributed by atoms with Crippen LogP contribution in [0.2, 0.25) is 35.2 Å². The second-order valence-corrected chi connectivity index (χ2v) is 6.38. The average molecular weight is 411 g/mol. The lowest BCUT2D eigenvalue weighted by atomic mass is 10.0. The molecule has 0 aromatic heterocycles. The van der Waals surface area contributed by atoms with Crippen LogP contribution in [0.25, 0.3) is 11.1 Å². The summed E-state index contributed by atoms with van der Waals surface area (Å²) in [5, 5.41) is 10.5. The first-order valence-electron chi connectivity index (χ1n) is 4.96. The van der Waals surface area contributed by atoms with Gasteiger partial charge in [0.25, 0.3) is 0 Å². The number of rotatable bonds is 1. The molecule has 0 bridgehead atoms. The number of hydrogen-bond donors (Lipinski definition) is 1. The van der Waals surface area contributed by atoms with Gasteiger partial charge in [-0.05, 0) is 6.07 Å². The third kappa shape index (κ3) is 2.66. The zero-order valence-corrected chi connectivity index (χ0v) is 14.5. The van der Waals surface area contributed by atoms with Crippen LogP contribution in [0.4, 0.5) is 0 Å². The molecule has 0 aliphatic carbocycles. The molecule has 0 aliphatic heterocycles. The van der Waals surface area contributed by atoms with Gasteiger partial charge in [-0.2, -0.15) is 0 Å². The Morgan fingerprint density at radius 2 is 1.15 bits per heavy atom. The Balaban J connectivity index is 2.87. The predicted octanol–water partition coefficient (Wildman–Crippen LogP) is 7.63. The average Bonchev–Trinajstić information content (AvgIpc) is 2.43. The molecule has 0 unspecified atom stereocenters. The maximum absolute atomic E-state index is 10.1. The molecule has 0 atom stereocenters. The summed E-state index contributed by atoms with van der Waals surface area (Å²) >= 11 is 41.8. The van der Waals surface area contributed by atoms with Gasteiger partial charge in [0.2, 0.25) is 0 Å². The van der Waals surface area contributed by atoms with Crippen molar-refractivity contribution < 1.29 is 5.11 Å². The van der Waals surface area contributed by atoms with Gasteiger partial charge in [0, 0.05) is 11.1 Å². The van der Waals surface area contributed by atoms with Crippen LogP contribution in [-0.2, 0) is 0 Å². The Bertz CT molecular complexity index is 683. The summed E-state index contributed by atoms with van der Waals surface area (Å²) in [5.41, 5.74) is 0.471. The van der Waals surface area contributed by atoms with Gasteiger partial charge in [-0.1, -0.05) is 87.3 Å². The van der Waals surface area contributed by atoms with Crippen molar-refractivity contribution in [2.45, 2.75) is 0 Å². The van der Waals surface area contributed by atoms with E-state index in [0.29, 0.717) is 5.56 Å². The van der Waals surface area contributed by atoms with Crippen molar-refractivity contribution in [1.29, 1.82) is 0 Å². The fourth-order valence-corrected chi connectivity index (χ4v) is 3.16. The van der Waals surface area contributed by atoms with Gasteiger partial charge >= 0.3 is 0 Å².